The van der Waals surface area contributed by atoms with E-state index in [0.29, 0.717) is 18.8 Å². The van der Waals surface area contributed by atoms with Gasteiger partial charge in [0.2, 0.25) is 0 Å². The lowest BCUT2D eigenvalue weighted by Gasteiger charge is -2.31. The predicted molar refractivity (Wildman–Crippen MR) is 78.6 cm³/mol. The Kier molecular flexibility index (Phi) is 4.74. The molecule has 114 valence electrons. The maximum absolute atomic E-state index is 12.6. The largest absolute Gasteiger partial charge is 0.388 e. The van der Waals surface area contributed by atoms with E-state index in [1.807, 2.05) is 0 Å². The van der Waals surface area contributed by atoms with E-state index in [1.165, 1.54) is 12.1 Å². The van der Waals surface area contributed by atoms with Crippen LogP contribution in [-0.4, -0.2) is 49.1 Å². The molecule has 1 atom stereocenters. The van der Waals surface area contributed by atoms with Gasteiger partial charge < -0.3 is 15.0 Å². The highest BCUT2D eigenvalue weighted by atomic mass is 16.6. The number of nitro groups is 1. The number of likely N-dealkylation sites (tertiary alicyclic amines) is 1. The molecule has 1 amide bonds. The molecular weight excluding hydrogens is 274 g/mol. The summed E-state index contributed by atoms with van der Waals surface area (Å²) in [5, 5.41) is 14.0. The SMILES string of the molecule is CNc1ccc([N+](=O)[O-])c(C(=O)N2CCCC(OC)C2)c1. The molecule has 1 N–H and O–H groups in total. The number of hydrogen-bond acceptors (Lipinski definition) is 5. The zero-order valence-electron chi connectivity index (χ0n) is 12.2. The molecule has 0 saturated carbocycles. The summed E-state index contributed by atoms with van der Waals surface area (Å²) in [6, 6.07) is 4.47. The maximum Gasteiger partial charge on any atom is 0.282 e. The van der Waals surface area contributed by atoms with Crippen molar-refractivity contribution in [3.05, 3.63) is 33.9 Å². The highest BCUT2D eigenvalue weighted by Gasteiger charge is 2.29. The Morgan fingerprint density at radius 3 is 2.90 bits per heavy atom. The molecule has 1 unspecified atom stereocenters. The minimum atomic E-state index is -0.523. The van der Waals surface area contributed by atoms with Crippen LogP contribution in [0.4, 0.5) is 11.4 Å². The molecule has 7 nitrogen and oxygen atoms in total. The number of methoxy groups -OCH3 is 1. The van der Waals surface area contributed by atoms with E-state index in [4.69, 9.17) is 4.74 Å². The lowest BCUT2D eigenvalue weighted by atomic mass is 10.1. The first-order valence-corrected chi connectivity index (χ1v) is 6.85. The van der Waals surface area contributed by atoms with Gasteiger partial charge in [-0.3, -0.25) is 14.9 Å². The number of nitrogens with one attached hydrogen (secondary N) is 1. The van der Waals surface area contributed by atoms with Crippen molar-refractivity contribution < 1.29 is 14.5 Å². The van der Waals surface area contributed by atoms with Gasteiger partial charge in [0.05, 0.1) is 11.0 Å². The summed E-state index contributed by atoms with van der Waals surface area (Å²) in [4.78, 5) is 24.8. The normalized spacial score (nSPS) is 18.4. The molecule has 1 fully saturated rings. The fourth-order valence-electron chi connectivity index (χ4n) is 2.51. The van der Waals surface area contributed by atoms with Crippen LogP contribution in [0.5, 0.6) is 0 Å². The van der Waals surface area contributed by atoms with Gasteiger partial charge in [-0.2, -0.15) is 0 Å². The third-order valence-electron chi connectivity index (χ3n) is 3.71. The minimum Gasteiger partial charge on any atom is -0.388 e. The van der Waals surface area contributed by atoms with E-state index in [-0.39, 0.29) is 23.3 Å². The van der Waals surface area contributed by atoms with Crippen molar-refractivity contribution in [2.75, 3.05) is 32.6 Å². The third-order valence-corrected chi connectivity index (χ3v) is 3.71. The minimum absolute atomic E-state index is 0.00533. The van der Waals surface area contributed by atoms with Crippen LogP contribution in [0.15, 0.2) is 18.2 Å². The van der Waals surface area contributed by atoms with E-state index >= 15 is 0 Å². The average Bonchev–Trinajstić information content (AvgIpc) is 2.53. The van der Waals surface area contributed by atoms with Gasteiger partial charge in [-0.05, 0) is 25.0 Å². The number of carbonyl (C=O) groups excluding carboxylic acids is 1. The number of anilines is 1. The quantitative estimate of drug-likeness (QED) is 0.677. The molecule has 1 aromatic carbocycles. The van der Waals surface area contributed by atoms with Gasteiger partial charge >= 0.3 is 0 Å². The van der Waals surface area contributed by atoms with Crippen molar-refractivity contribution in [2.24, 2.45) is 0 Å². The van der Waals surface area contributed by atoms with Gasteiger partial charge in [-0.1, -0.05) is 0 Å². The van der Waals surface area contributed by atoms with Crippen molar-refractivity contribution in [1.82, 2.24) is 4.90 Å². The van der Waals surface area contributed by atoms with Crippen LogP contribution in [0.2, 0.25) is 0 Å². The highest BCUT2D eigenvalue weighted by molar-refractivity contribution is 5.99. The summed E-state index contributed by atoms with van der Waals surface area (Å²) in [5.41, 5.74) is 0.617. The Bertz CT molecular complexity index is 547. The molecule has 1 aliphatic heterocycles. The second-order valence-electron chi connectivity index (χ2n) is 4.99. The maximum atomic E-state index is 12.6. The molecule has 7 heteroatoms. The Balaban J connectivity index is 2.30. The van der Waals surface area contributed by atoms with Crippen molar-refractivity contribution in [2.45, 2.75) is 18.9 Å². The zero-order valence-corrected chi connectivity index (χ0v) is 12.2. The Morgan fingerprint density at radius 2 is 2.29 bits per heavy atom. The van der Waals surface area contributed by atoms with Gasteiger partial charge in [0.15, 0.2) is 0 Å². The number of hydrogen-bond donors (Lipinski definition) is 1. The first-order chi connectivity index (χ1) is 10.1. The van der Waals surface area contributed by atoms with Crippen LogP contribution in [0.1, 0.15) is 23.2 Å². The van der Waals surface area contributed by atoms with Gasteiger partial charge in [0.1, 0.15) is 5.56 Å². The van der Waals surface area contributed by atoms with Gasteiger partial charge in [0.25, 0.3) is 11.6 Å². The summed E-state index contributed by atoms with van der Waals surface area (Å²) in [5.74, 6) is -0.319. The first-order valence-electron chi connectivity index (χ1n) is 6.85. The summed E-state index contributed by atoms with van der Waals surface area (Å²) in [7, 11) is 3.32. The Labute approximate surface area is 123 Å². The lowest BCUT2D eigenvalue weighted by molar-refractivity contribution is -0.385. The summed E-state index contributed by atoms with van der Waals surface area (Å²) < 4.78 is 5.29. The second kappa shape index (κ2) is 6.53. The topological polar surface area (TPSA) is 84.7 Å². The third kappa shape index (κ3) is 3.30. The van der Waals surface area contributed by atoms with Crippen molar-refractivity contribution >= 4 is 17.3 Å². The highest BCUT2D eigenvalue weighted by Crippen LogP contribution is 2.25. The molecule has 21 heavy (non-hydrogen) atoms. The molecule has 1 aromatic rings. The van der Waals surface area contributed by atoms with Crippen LogP contribution in [0, 0.1) is 10.1 Å². The molecule has 1 saturated heterocycles. The van der Waals surface area contributed by atoms with Crippen molar-refractivity contribution in [1.29, 1.82) is 0 Å². The first kappa shape index (κ1) is 15.2. The Hall–Kier alpha value is -2.15. The van der Waals surface area contributed by atoms with Crippen LogP contribution in [-0.2, 0) is 4.74 Å². The monoisotopic (exact) mass is 293 g/mol. The number of carbonyl (C=O) groups is 1. The molecule has 0 aliphatic carbocycles. The fourth-order valence-corrected chi connectivity index (χ4v) is 2.51. The lowest BCUT2D eigenvalue weighted by Crippen LogP contribution is -2.43. The molecule has 1 heterocycles. The van der Waals surface area contributed by atoms with E-state index in [1.54, 1.807) is 25.1 Å². The van der Waals surface area contributed by atoms with E-state index in [2.05, 4.69) is 5.32 Å². The number of rotatable bonds is 4. The van der Waals surface area contributed by atoms with Crippen molar-refractivity contribution in [3.63, 3.8) is 0 Å². The molecule has 1 aliphatic rings. The van der Waals surface area contributed by atoms with Crippen molar-refractivity contribution in [3.8, 4) is 0 Å². The van der Waals surface area contributed by atoms with E-state index in [0.717, 1.165) is 12.8 Å². The van der Waals surface area contributed by atoms with Gasteiger partial charge in [0, 0.05) is 39.0 Å². The number of ether oxygens (including phenoxy) is 1. The van der Waals surface area contributed by atoms with Crippen LogP contribution in [0.3, 0.4) is 0 Å². The molecule has 0 bridgehead atoms. The average molecular weight is 293 g/mol. The fraction of sp³-hybridized carbons (Fsp3) is 0.500. The van der Waals surface area contributed by atoms with Crippen LogP contribution < -0.4 is 5.32 Å². The van der Waals surface area contributed by atoms with Gasteiger partial charge in [-0.15, -0.1) is 0 Å². The number of piperidine rings is 1. The Morgan fingerprint density at radius 1 is 1.52 bits per heavy atom. The molecule has 0 aromatic heterocycles. The second-order valence-corrected chi connectivity index (χ2v) is 4.99. The smallest absolute Gasteiger partial charge is 0.282 e. The number of benzene rings is 1. The predicted octanol–water partition coefficient (Wildman–Crippen LogP) is 1.89. The number of nitrogens with zero attached hydrogens (tertiary/aromatic N) is 2. The van der Waals surface area contributed by atoms with E-state index < -0.39 is 4.92 Å². The van der Waals surface area contributed by atoms with Crippen LogP contribution >= 0.6 is 0 Å². The number of amides is 1. The van der Waals surface area contributed by atoms with Gasteiger partial charge in [-0.25, -0.2) is 0 Å². The standard InChI is InChI=1S/C14H19N3O4/c1-15-10-5-6-13(17(19)20)12(8-10)14(18)16-7-3-4-11(9-16)21-2/h5-6,8,11,15H,3-4,7,9H2,1-2H3. The molecule has 2 rings (SSSR count). The van der Waals surface area contributed by atoms with Crippen LogP contribution in [0.25, 0.3) is 0 Å². The number of nitro benzene ring substituents is 1. The molecular formula is C14H19N3O4. The summed E-state index contributed by atoms with van der Waals surface area (Å²) in [6.07, 6.45) is 1.73. The molecule has 0 radical (unpaired) electrons. The summed E-state index contributed by atoms with van der Waals surface area (Å²) >= 11 is 0. The summed E-state index contributed by atoms with van der Waals surface area (Å²) in [6.45, 7) is 1.07. The zero-order chi connectivity index (χ0) is 15.4. The molecule has 0 spiro atoms. The van der Waals surface area contributed by atoms with E-state index in [9.17, 15) is 14.9 Å².